The van der Waals surface area contributed by atoms with E-state index >= 15 is 0 Å². The number of rotatable bonds is 9. The van der Waals surface area contributed by atoms with Gasteiger partial charge in [-0.2, -0.15) is 0 Å². The van der Waals surface area contributed by atoms with E-state index in [9.17, 15) is 14.0 Å². The molecule has 0 atom stereocenters. The Hall–Kier alpha value is -4.09. The third-order valence-electron chi connectivity index (χ3n) is 6.49. The average molecular weight is 593 g/mol. The van der Waals surface area contributed by atoms with Crippen molar-refractivity contribution in [1.29, 1.82) is 0 Å². The van der Waals surface area contributed by atoms with Gasteiger partial charge in [-0.15, -0.1) is 21.5 Å². The van der Waals surface area contributed by atoms with E-state index in [2.05, 4.69) is 20.8 Å². The fraction of sp³-hybridized carbons (Fsp3) is 0.355. The van der Waals surface area contributed by atoms with Crippen LogP contribution in [-0.2, 0) is 20.7 Å². The third kappa shape index (κ3) is 7.21. The van der Waals surface area contributed by atoms with Crippen molar-refractivity contribution in [2.75, 3.05) is 31.7 Å². The number of carbonyl (C=O) groups is 2. The van der Waals surface area contributed by atoms with Crippen LogP contribution in [0.2, 0.25) is 0 Å². The smallest absolute Gasteiger partial charge is 0.407 e. The van der Waals surface area contributed by atoms with Crippen molar-refractivity contribution in [3.05, 3.63) is 59.2 Å². The summed E-state index contributed by atoms with van der Waals surface area (Å²) in [6.45, 7) is 6.35. The van der Waals surface area contributed by atoms with Crippen molar-refractivity contribution in [3.63, 3.8) is 0 Å². The lowest BCUT2D eigenvalue weighted by molar-refractivity contribution is -0.116. The maximum absolute atomic E-state index is 14.2. The van der Waals surface area contributed by atoms with Crippen LogP contribution in [0, 0.1) is 5.82 Å². The first-order valence-corrected chi connectivity index (χ1v) is 14.7. The van der Waals surface area contributed by atoms with Crippen LogP contribution in [0.15, 0.2) is 47.8 Å². The average Bonchev–Trinajstić information content (AvgIpc) is 3.34. The van der Waals surface area contributed by atoms with Gasteiger partial charge in [-0.05, 0) is 68.8 Å². The molecule has 0 aliphatic carbocycles. The highest BCUT2D eigenvalue weighted by Crippen LogP contribution is 2.40. The molecule has 5 rings (SSSR count). The zero-order valence-corrected chi connectivity index (χ0v) is 24.6. The number of nitrogens with zero attached hydrogens (tertiary/aromatic N) is 2. The summed E-state index contributed by atoms with van der Waals surface area (Å²) in [5.41, 5.74) is 4.10. The van der Waals surface area contributed by atoms with E-state index in [0.29, 0.717) is 29.1 Å². The second kappa shape index (κ2) is 12.8. The highest BCUT2D eigenvalue weighted by Gasteiger charge is 2.20. The molecule has 0 unspecified atom stereocenters. The highest BCUT2D eigenvalue weighted by molar-refractivity contribution is 7.17. The van der Waals surface area contributed by atoms with Crippen molar-refractivity contribution in [2.45, 2.75) is 45.6 Å². The molecule has 42 heavy (non-hydrogen) atoms. The number of amides is 2. The number of anilines is 1. The summed E-state index contributed by atoms with van der Waals surface area (Å²) < 4.78 is 31.8. The predicted molar refractivity (Wildman–Crippen MR) is 160 cm³/mol. The monoisotopic (exact) mass is 592 g/mol. The topological polar surface area (TPSA) is 112 Å². The van der Waals surface area contributed by atoms with Gasteiger partial charge in [-0.3, -0.25) is 4.79 Å². The van der Waals surface area contributed by atoms with E-state index in [4.69, 9.17) is 14.2 Å². The van der Waals surface area contributed by atoms with E-state index < -0.39 is 17.5 Å². The lowest BCUT2D eigenvalue weighted by Gasteiger charge is -2.19. The number of halogens is 1. The second-order valence-corrected chi connectivity index (χ2v) is 11.8. The number of carbonyl (C=O) groups excluding carboxylic acids is 2. The number of nitrogens with one attached hydrogen (secondary N) is 2. The number of hydrogen-bond donors (Lipinski definition) is 2. The second-order valence-electron chi connectivity index (χ2n) is 10.9. The number of alkyl carbamates (subject to hydrolysis) is 1. The largest absolute Gasteiger partial charge is 0.490 e. The van der Waals surface area contributed by atoms with Gasteiger partial charge in [0.1, 0.15) is 35.2 Å². The summed E-state index contributed by atoms with van der Waals surface area (Å²) in [7, 11) is 0. The number of aryl methyl sites for hydroxylation is 1. The van der Waals surface area contributed by atoms with Gasteiger partial charge in [0, 0.05) is 41.2 Å². The van der Waals surface area contributed by atoms with Crippen molar-refractivity contribution in [3.8, 4) is 28.3 Å². The van der Waals surface area contributed by atoms with E-state index in [0.717, 1.165) is 39.7 Å². The zero-order valence-electron chi connectivity index (χ0n) is 23.8. The van der Waals surface area contributed by atoms with Crippen molar-refractivity contribution < 1.29 is 28.2 Å². The van der Waals surface area contributed by atoms with Gasteiger partial charge in [-0.25, -0.2) is 9.18 Å². The minimum Gasteiger partial charge on any atom is -0.490 e. The molecule has 4 aromatic rings. The van der Waals surface area contributed by atoms with Crippen LogP contribution in [0.4, 0.5) is 14.9 Å². The Labute approximate surface area is 247 Å². The Bertz CT molecular complexity index is 1600. The van der Waals surface area contributed by atoms with Gasteiger partial charge < -0.3 is 24.8 Å². The first kappa shape index (κ1) is 29.4. The molecular weight excluding hydrogens is 559 g/mol. The Morgan fingerprint density at radius 2 is 1.88 bits per heavy atom. The molecule has 9 nitrogen and oxygen atoms in total. The number of fused-ring (bicyclic) bond motifs is 2. The molecular formula is C31H33FN4O5S. The molecule has 1 aliphatic heterocycles. The quantitative estimate of drug-likeness (QED) is 0.218. The van der Waals surface area contributed by atoms with Gasteiger partial charge in [0.25, 0.3) is 0 Å². The van der Waals surface area contributed by atoms with E-state index in [1.54, 1.807) is 26.8 Å². The summed E-state index contributed by atoms with van der Waals surface area (Å²) in [6.07, 6.45) is 1.66. The highest BCUT2D eigenvalue weighted by atomic mass is 32.1. The van der Waals surface area contributed by atoms with Crippen LogP contribution in [0.25, 0.3) is 32.6 Å². The summed E-state index contributed by atoms with van der Waals surface area (Å²) in [5, 5.41) is 17.6. The van der Waals surface area contributed by atoms with Crippen LogP contribution in [0.1, 0.15) is 39.2 Å². The molecule has 2 aromatic heterocycles. The molecule has 2 aromatic carbocycles. The van der Waals surface area contributed by atoms with Gasteiger partial charge in [0.05, 0.1) is 17.9 Å². The van der Waals surface area contributed by atoms with Crippen molar-refractivity contribution in [2.24, 2.45) is 0 Å². The maximum Gasteiger partial charge on any atom is 0.407 e. The molecule has 11 heteroatoms. The lowest BCUT2D eigenvalue weighted by Crippen LogP contribution is -2.34. The molecule has 0 bridgehead atoms. The first-order valence-electron chi connectivity index (χ1n) is 13.8. The van der Waals surface area contributed by atoms with Crippen LogP contribution in [-0.4, -0.2) is 54.2 Å². The summed E-state index contributed by atoms with van der Waals surface area (Å²) in [4.78, 5) is 23.8. The first-order chi connectivity index (χ1) is 20.2. The summed E-state index contributed by atoms with van der Waals surface area (Å²) in [5.74, 6) is -0.0926. The lowest BCUT2D eigenvalue weighted by atomic mass is 10.0. The molecule has 220 valence electrons. The Kier molecular flexibility index (Phi) is 8.98. The fourth-order valence-corrected chi connectivity index (χ4v) is 5.54. The van der Waals surface area contributed by atoms with Crippen LogP contribution in [0.5, 0.6) is 5.75 Å². The molecule has 0 spiro atoms. The fourth-order valence-electron chi connectivity index (χ4n) is 4.64. The summed E-state index contributed by atoms with van der Waals surface area (Å²) in [6, 6.07) is 12.3. The van der Waals surface area contributed by atoms with E-state index in [-0.39, 0.29) is 32.3 Å². The molecule has 1 aliphatic rings. The van der Waals surface area contributed by atoms with Gasteiger partial charge in [0.2, 0.25) is 5.91 Å². The standard InChI is InChI=1S/C31H33FN4O5S/c1-31(2,3)41-30(38)33-12-13-39-14-15-40-25-18-21(32)9-10-22(25)28-29-23(11-16-42-29)27(35-36-28)20-8-7-19-5-4-6-26(37)34-24(19)17-20/h7-11,16-18H,4-6,12-15H2,1-3H3,(H,33,38)(H,34,37). The van der Waals surface area contributed by atoms with Crippen molar-refractivity contribution >= 4 is 39.1 Å². The minimum atomic E-state index is -0.569. The van der Waals surface area contributed by atoms with Crippen LogP contribution >= 0.6 is 11.3 Å². The molecule has 2 N–H and O–H groups in total. The van der Waals surface area contributed by atoms with Gasteiger partial charge in [0.15, 0.2) is 0 Å². The molecule has 0 fully saturated rings. The van der Waals surface area contributed by atoms with Crippen molar-refractivity contribution in [1.82, 2.24) is 15.5 Å². The number of ether oxygens (including phenoxy) is 3. The van der Waals surface area contributed by atoms with Gasteiger partial charge in [-0.1, -0.05) is 12.1 Å². The number of aromatic nitrogens is 2. The number of hydrogen-bond acceptors (Lipinski definition) is 8. The zero-order chi connectivity index (χ0) is 29.7. The molecule has 0 saturated heterocycles. The van der Waals surface area contributed by atoms with Gasteiger partial charge >= 0.3 is 6.09 Å². The van der Waals surface area contributed by atoms with Crippen LogP contribution < -0.4 is 15.4 Å². The number of benzene rings is 2. The molecule has 2 amide bonds. The summed E-state index contributed by atoms with van der Waals surface area (Å²) >= 11 is 1.52. The Morgan fingerprint density at radius 1 is 1.05 bits per heavy atom. The number of thiophene rings is 1. The third-order valence-corrected chi connectivity index (χ3v) is 7.41. The SMILES string of the molecule is CC(C)(C)OC(=O)NCCOCCOc1cc(F)ccc1-c1nnc(-c2ccc3c(c2)NC(=O)CCC3)c2ccsc12. The maximum atomic E-state index is 14.2. The van der Waals surface area contributed by atoms with Crippen LogP contribution in [0.3, 0.4) is 0 Å². The Morgan fingerprint density at radius 3 is 2.71 bits per heavy atom. The van der Waals surface area contributed by atoms with E-state index in [1.165, 1.54) is 23.5 Å². The molecule has 3 heterocycles. The molecule has 0 saturated carbocycles. The normalized spacial score (nSPS) is 13.3. The van der Waals surface area contributed by atoms with E-state index in [1.807, 2.05) is 29.6 Å². The predicted octanol–water partition coefficient (Wildman–Crippen LogP) is 6.36. The Balaban J connectivity index is 1.29. The molecule has 0 radical (unpaired) electrons. The minimum absolute atomic E-state index is 0.0136.